The molecular weight excluding hydrogens is 388 g/mol. The zero-order chi connectivity index (χ0) is 22.0. The maximum Gasteiger partial charge on any atom is 0.255 e. The summed E-state index contributed by atoms with van der Waals surface area (Å²) in [5.41, 5.74) is 3.97. The number of benzene rings is 4. The molecule has 0 aliphatic heterocycles. The highest BCUT2D eigenvalue weighted by molar-refractivity contribution is 6.08. The number of rotatable bonds is 4. The molecule has 5 nitrogen and oxygen atoms in total. The summed E-state index contributed by atoms with van der Waals surface area (Å²) in [6.07, 6.45) is 0. The smallest absolute Gasteiger partial charge is 0.255 e. The molecule has 0 unspecified atom stereocenters. The Morgan fingerprint density at radius 3 is 2.16 bits per heavy atom. The summed E-state index contributed by atoms with van der Waals surface area (Å²) >= 11 is 0. The van der Waals surface area contributed by atoms with Crippen molar-refractivity contribution in [3.63, 3.8) is 0 Å². The number of phenols is 1. The van der Waals surface area contributed by atoms with Gasteiger partial charge in [0.1, 0.15) is 5.75 Å². The van der Waals surface area contributed by atoms with Gasteiger partial charge in [-0.3, -0.25) is 9.59 Å². The van der Waals surface area contributed by atoms with E-state index < -0.39 is 0 Å². The lowest BCUT2D eigenvalue weighted by Crippen LogP contribution is -2.15. The van der Waals surface area contributed by atoms with Crippen LogP contribution in [0.5, 0.6) is 5.75 Å². The molecule has 4 aromatic rings. The largest absolute Gasteiger partial charge is 0.508 e. The van der Waals surface area contributed by atoms with Crippen molar-refractivity contribution in [2.45, 2.75) is 13.8 Å². The number of phenolic OH excluding ortho intramolecular Hbond substituents is 1. The van der Waals surface area contributed by atoms with E-state index in [-0.39, 0.29) is 17.6 Å². The number of hydrogen-bond donors (Lipinski definition) is 3. The van der Waals surface area contributed by atoms with Crippen molar-refractivity contribution in [1.82, 2.24) is 0 Å². The molecule has 3 N–H and O–H groups in total. The van der Waals surface area contributed by atoms with E-state index in [1.165, 1.54) is 0 Å². The zero-order valence-corrected chi connectivity index (χ0v) is 17.3. The first-order chi connectivity index (χ1) is 14.9. The fraction of sp³-hybridized carbons (Fsp3) is 0.0769. The fourth-order valence-electron chi connectivity index (χ4n) is 3.48. The zero-order valence-electron chi connectivity index (χ0n) is 17.3. The molecule has 0 aromatic heterocycles. The lowest BCUT2D eigenvalue weighted by molar-refractivity contribution is 0.102. The Labute approximate surface area is 180 Å². The van der Waals surface area contributed by atoms with Crippen LogP contribution in [0.25, 0.3) is 10.8 Å². The topological polar surface area (TPSA) is 78.4 Å². The van der Waals surface area contributed by atoms with Crippen molar-refractivity contribution in [2.24, 2.45) is 0 Å². The number of carbonyl (C=O) groups is 2. The summed E-state index contributed by atoms with van der Waals surface area (Å²) in [5, 5.41) is 17.4. The van der Waals surface area contributed by atoms with E-state index in [1.807, 2.05) is 50.2 Å². The number of hydrogen-bond acceptors (Lipinski definition) is 3. The molecule has 5 heteroatoms. The molecule has 4 aromatic carbocycles. The van der Waals surface area contributed by atoms with Crippen LogP contribution in [0.1, 0.15) is 31.8 Å². The van der Waals surface area contributed by atoms with Crippen LogP contribution in [-0.4, -0.2) is 16.9 Å². The predicted octanol–water partition coefficient (Wildman–Crippen LogP) is 5.67. The van der Waals surface area contributed by atoms with Gasteiger partial charge in [0.2, 0.25) is 0 Å². The minimum atomic E-state index is -0.239. The van der Waals surface area contributed by atoms with E-state index >= 15 is 0 Å². The second-order valence-corrected chi connectivity index (χ2v) is 7.45. The molecule has 0 bridgehead atoms. The molecule has 0 heterocycles. The lowest BCUT2D eigenvalue weighted by atomic mass is 10.0. The van der Waals surface area contributed by atoms with Crippen LogP contribution in [0.4, 0.5) is 11.4 Å². The number of aromatic hydroxyl groups is 1. The minimum Gasteiger partial charge on any atom is -0.508 e. The Hall–Kier alpha value is -4.12. The average Bonchev–Trinajstić information content (AvgIpc) is 2.78. The molecule has 0 saturated heterocycles. The van der Waals surface area contributed by atoms with Crippen LogP contribution in [0, 0.1) is 13.8 Å². The normalized spacial score (nSPS) is 10.6. The SMILES string of the molecule is Cc1cc(C(=O)Nc2ccccc2)ccc1NC(=O)c1ccc2c(C)c(O)ccc2c1. The van der Waals surface area contributed by atoms with Gasteiger partial charge in [0.25, 0.3) is 11.8 Å². The van der Waals surface area contributed by atoms with E-state index in [4.69, 9.17) is 0 Å². The molecule has 0 aliphatic rings. The number of anilines is 2. The number of amides is 2. The molecule has 154 valence electrons. The fourth-order valence-corrected chi connectivity index (χ4v) is 3.48. The number of aryl methyl sites for hydroxylation is 2. The first-order valence-electron chi connectivity index (χ1n) is 9.93. The van der Waals surface area contributed by atoms with E-state index in [9.17, 15) is 14.7 Å². The van der Waals surface area contributed by atoms with Gasteiger partial charge in [-0.2, -0.15) is 0 Å². The minimum absolute atomic E-state index is 0.208. The van der Waals surface area contributed by atoms with Gasteiger partial charge in [0.05, 0.1) is 0 Å². The molecule has 0 atom stereocenters. The first kappa shape index (κ1) is 20.2. The summed E-state index contributed by atoms with van der Waals surface area (Å²) in [5.74, 6) is -0.214. The Kier molecular flexibility index (Phi) is 5.41. The van der Waals surface area contributed by atoms with Crippen molar-refractivity contribution in [3.05, 3.63) is 101 Å². The summed E-state index contributed by atoms with van der Waals surface area (Å²) in [6.45, 7) is 3.69. The van der Waals surface area contributed by atoms with Gasteiger partial charge in [-0.1, -0.05) is 30.3 Å². The van der Waals surface area contributed by atoms with Crippen LogP contribution in [-0.2, 0) is 0 Å². The van der Waals surface area contributed by atoms with E-state index in [2.05, 4.69) is 10.6 Å². The third-order valence-electron chi connectivity index (χ3n) is 5.29. The number of fused-ring (bicyclic) bond motifs is 1. The van der Waals surface area contributed by atoms with Gasteiger partial charge in [-0.15, -0.1) is 0 Å². The third kappa shape index (κ3) is 4.26. The van der Waals surface area contributed by atoms with Gasteiger partial charge in [-0.05, 0) is 84.3 Å². The molecular formula is C26H22N2O3. The first-order valence-corrected chi connectivity index (χ1v) is 9.93. The molecule has 2 amide bonds. The average molecular weight is 410 g/mol. The van der Waals surface area contributed by atoms with Crippen LogP contribution in [0.3, 0.4) is 0 Å². The van der Waals surface area contributed by atoms with Crippen molar-refractivity contribution >= 4 is 34.0 Å². The number of nitrogens with one attached hydrogen (secondary N) is 2. The van der Waals surface area contributed by atoms with Crippen LogP contribution in [0.15, 0.2) is 78.9 Å². The standard InChI is InChI=1S/C26H22N2O3/c1-16-14-19(25(30)27-21-6-4-3-5-7-21)9-12-23(16)28-26(31)20-8-11-22-17(2)24(29)13-10-18(22)15-20/h3-15,29H,1-2H3,(H,27,30)(H,28,31). The van der Waals surface area contributed by atoms with Crippen LogP contribution in [0.2, 0.25) is 0 Å². The van der Waals surface area contributed by atoms with Gasteiger partial charge >= 0.3 is 0 Å². The van der Waals surface area contributed by atoms with E-state index in [0.717, 1.165) is 27.6 Å². The van der Waals surface area contributed by atoms with E-state index in [1.54, 1.807) is 42.5 Å². The second-order valence-electron chi connectivity index (χ2n) is 7.45. The number of carbonyl (C=O) groups excluding carboxylic acids is 2. The van der Waals surface area contributed by atoms with Gasteiger partial charge in [0, 0.05) is 22.5 Å². The highest BCUT2D eigenvalue weighted by atomic mass is 16.3. The molecule has 0 spiro atoms. The predicted molar refractivity (Wildman–Crippen MR) is 124 cm³/mol. The maximum absolute atomic E-state index is 12.8. The molecule has 0 aliphatic carbocycles. The van der Waals surface area contributed by atoms with Crippen LogP contribution >= 0.6 is 0 Å². The Morgan fingerprint density at radius 2 is 1.42 bits per heavy atom. The van der Waals surface area contributed by atoms with Gasteiger partial charge in [0.15, 0.2) is 0 Å². The van der Waals surface area contributed by atoms with E-state index in [0.29, 0.717) is 16.8 Å². The molecule has 0 radical (unpaired) electrons. The summed E-state index contributed by atoms with van der Waals surface area (Å²) in [7, 11) is 0. The second kappa shape index (κ2) is 8.32. The Balaban J connectivity index is 1.51. The summed E-state index contributed by atoms with van der Waals surface area (Å²) in [6, 6.07) is 23.2. The molecule has 0 saturated carbocycles. The van der Waals surface area contributed by atoms with Crippen molar-refractivity contribution < 1.29 is 14.7 Å². The highest BCUT2D eigenvalue weighted by Gasteiger charge is 2.12. The van der Waals surface area contributed by atoms with Crippen molar-refractivity contribution in [1.29, 1.82) is 0 Å². The maximum atomic E-state index is 12.8. The van der Waals surface area contributed by atoms with Crippen LogP contribution < -0.4 is 10.6 Å². The van der Waals surface area contributed by atoms with Crippen molar-refractivity contribution in [3.8, 4) is 5.75 Å². The monoisotopic (exact) mass is 410 g/mol. The van der Waals surface area contributed by atoms with Gasteiger partial charge in [-0.25, -0.2) is 0 Å². The molecule has 0 fully saturated rings. The Bertz CT molecular complexity index is 1300. The summed E-state index contributed by atoms with van der Waals surface area (Å²) in [4.78, 5) is 25.3. The Morgan fingerprint density at radius 1 is 0.742 bits per heavy atom. The highest BCUT2D eigenvalue weighted by Crippen LogP contribution is 2.27. The lowest BCUT2D eigenvalue weighted by Gasteiger charge is -2.12. The third-order valence-corrected chi connectivity index (χ3v) is 5.29. The quantitative estimate of drug-likeness (QED) is 0.406. The summed E-state index contributed by atoms with van der Waals surface area (Å²) < 4.78 is 0. The van der Waals surface area contributed by atoms with Crippen molar-refractivity contribution in [2.75, 3.05) is 10.6 Å². The molecule has 31 heavy (non-hydrogen) atoms. The number of para-hydroxylation sites is 1. The molecule has 4 rings (SSSR count). The van der Waals surface area contributed by atoms with Gasteiger partial charge < -0.3 is 15.7 Å².